The fourth-order valence-electron chi connectivity index (χ4n) is 2.59. The summed E-state index contributed by atoms with van der Waals surface area (Å²) in [4.78, 5) is 60.7. The van der Waals surface area contributed by atoms with Crippen molar-refractivity contribution in [1.29, 1.82) is 0 Å². The normalized spacial score (nSPS) is 15.0. The maximum absolute atomic E-state index is 11.6. The lowest BCUT2D eigenvalue weighted by Gasteiger charge is -2.29. The van der Waals surface area contributed by atoms with E-state index in [-0.39, 0.29) is 59.0 Å². The third-order valence-corrected chi connectivity index (χ3v) is 3.77. The Morgan fingerprint density at radius 1 is 0.964 bits per heavy atom. The van der Waals surface area contributed by atoms with Crippen molar-refractivity contribution in [3.8, 4) is 0 Å². The molecule has 1 aliphatic heterocycles. The quantitative estimate of drug-likeness (QED) is 0.251. The van der Waals surface area contributed by atoms with Crippen LogP contribution < -0.4 is 0 Å². The third kappa shape index (κ3) is 9.94. The molecule has 0 atom stereocenters. The first-order chi connectivity index (χ1) is 13.2. The van der Waals surface area contributed by atoms with Crippen LogP contribution in [0.1, 0.15) is 6.92 Å². The van der Waals surface area contributed by atoms with E-state index in [9.17, 15) is 24.0 Å². The number of rotatable bonds is 13. The molecular weight excluding hydrogens is 378 g/mol. The summed E-state index contributed by atoms with van der Waals surface area (Å²) in [6.07, 6.45) is 0. The first-order valence-corrected chi connectivity index (χ1v) is 8.69. The molecule has 0 aromatic rings. The number of carboxylic acid groups (broad SMARTS) is 2. The van der Waals surface area contributed by atoms with Crippen LogP contribution in [0.5, 0.6) is 0 Å². The van der Waals surface area contributed by atoms with Crippen LogP contribution in [0.2, 0.25) is 0 Å². The van der Waals surface area contributed by atoms with E-state index in [4.69, 9.17) is 14.9 Å². The van der Waals surface area contributed by atoms with Gasteiger partial charge >= 0.3 is 29.8 Å². The van der Waals surface area contributed by atoms with E-state index < -0.39 is 36.4 Å². The summed E-state index contributed by atoms with van der Waals surface area (Å²) in [5, 5.41) is 18.0. The van der Waals surface area contributed by atoms with E-state index in [1.165, 1.54) is 14.7 Å². The Morgan fingerprint density at radius 2 is 1.50 bits per heavy atom. The number of hydrogen-bond donors (Lipinski definition) is 2. The number of aliphatic carboxylic acids is 2. The molecule has 0 radical (unpaired) electrons. The molecule has 1 saturated heterocycles. The fraction of sp³-hybridized carbons (Fsp3) is 0.688. The van der Waals surface area contributed by atoms with Gasteiger partial charge in [-0.2, -0.15) is 0 Å². The van der Waals surface area contributed by atoms with Gasteiger partial charge in [-0.15, -0.1) is 0 Å². The number of carbonyl (C=O) groups excluding carboxylic acids is 3. The van der Waals surface area contributed by atoms with Crippen molar-refractivity contribution in [2.45, 2.75) is 6.92 Å². The number of nitrogens with zero attached hydrogens (tertiary/aromatic N) is 3. The summed E-state index contributed by atoms with van der Waals surface area (Å²) < 4.78 is 9.24. The van der Waals surface area contributed by atoms with Gasteiger partial charge in [0.05, 0.1) is 39.3 Å². The maximum atomic E-state index is 11.6. The van der Waals surface area contributed by atoms with Crippen LogP contribution in [0.25, 0.3) is 0 Å². The van der Waals surface area contributed by atoms with Gasteiger partial charge in [0.1, 0.15) is 0 Å². The van der Waals surface area contributed by atoms with Gasteiger partial charge in [0.25, 0.3) is 0 Å². The Bertz CT molecular complexity index is 580. The zero-order valence-corrected chi connectivity index (χ0v) is 15.7. The molecular formula is C16H25N3O9. The van der Waals surface area contributed by atoms with Crippen molar-refractivity contribution < 1.29 is 43.7 Å². The van der Waals surface area contributed by atoms with Crippen molar-refractivity contribution in [2.24, 2.45) is 0 Å². The standard InChI is InChI=1S/C16H25N3O9/c1-2-27-14(24)9-18(8-13(22)23)5-3-17(7-12(20)21)4-6-19-10-15(25)28-16(26)11-19/h2-11H2,1H3,(H,20,21)(H,22,23). The SMILES string of the molecule is CCOC(=O)CN(CCN(CCN1CC(=O)OC(=O)C1)CC(=O)O)CC(=O)O. The van der Waals surface area contributed by atoms with Crippen LogP contribution in [0.3, 0.4) is 0 Å². The molecule has 1 aliphatic rings. The van der Waals surface area contributed by atoms with Crippen molar-refractivity contribution in [3.63, 3.8) is 0 Å². The molecule has 1 heterocycles. The Balaban J connectivity index is 2.60. The van der Waals surface area contributed by atoms with E-state index in [1.807, 2.05) is 0 Å². The summed E-state index contributed by atoms with van der Waals surface area (Å²) in [6, 6.07) is 0. The lowest BCUT2D eigenvalue weighted by Crippen LogP contribution is -2.48. The molecule has 0 aliphatic carbocycles. The Hall–Kier alpha value is -2.57. The molecule has 0 aromatic heterocycles. The van der Waals surface area contributed by atoms with Crippen molar-refractivity contribution in [1.82, 2.24) is 14.7 Å². The monoisotopic (exact) mass is 403 g/mol. The van der Waals surface area contributed by atoms with Gasteiger partial charge in [-0.3, -0.25) is 38.7 Å². The van der Waals surface area contributed by atoms with E-state index in [2.05, 4.69) is 4.74 Å². The fourth-order valence-corrected chi connectivity index (χ4v) is 2.59. The second-order valence-electron chi connectivity index (χ2n) is 6.14. The zero-order valence-electron chi connectivity index (χ0n) is 15.7. The number of carbonyl (C=O) groups is 5. The average molecular weight is 403 g/mol. The largest absolute Gasteiger partial charge is 0.480 e. The summed E-state index contributed by atoms with van der Waals surface area (Å²) in [5.74, 6) is -4.10. The van der Waals surface area contributed by atoms with Gasteiger partial charge < -0.3 is 19.7 Å². The number of ether oxygens (including phenoxy) is 2. The molecule has 1 fully saturated rings. The van der Waals surface area contributed by atoms with Crippen LogP contribution in [0.4, 0.5) is 0 Å². The molecule has 0 spiro atoms. The van der Waals surface area contributed by atoms with E-state index in [0.717, 1.165) is 0 Å². The lowest BCUT2D eigenvalue weighted by atomic mass is 10.3. The molecule has 12 heteroatoms. The number of morpholine rings is 1. The Labute approximate surface area is 161 Å². The topological polar surface area (TPSA) is 154 Å². The van der Waals surface area contributed by atoms with Gasteiger partial charge in [0.15, 0.2) is 0 Å². The Kier molecular flexibility index (Phi) is 10.1. The second-order valence-corrected chi connectivity index (χ2v) is 6.14. The Morgan fingerprint density at radius 3 is 2.04 bits per heavy atom. The molecule has 158 valence electrons. The van der Waals surface area contributed by atoms with E-state index >= 15 is 0 Å². The van der Waals surface area contributed by atoms with Crippen LogP contribution in [0.15, 0.2) is 0 Å². The van der Waals surface area contributed by atoms with Crippen molar-refractivity contribution >= 4 is 29.8 Å². The molecule has 2 N–H and O–H groups in total. The van der Waals surface area contributed by atoms with Crippen LogP contribution in [0, 0.1) is 0 Å². The first-order valence-electron chi connectivity index (χ1n) is 8.69. The minimum atomic E-state index is -1.13. The molecule has 0 aromatic carbocycles. The molecule has 12 nitrogen and oxygen atoms in total. The van der Waals surface area contributed by atoms with Crippen LogP contribution in [-0.4, -0.2) is 120 Å². The zero-order chi connectivity index (χ0) is 21.1. The lowest BCUT2D eigenvalue weighted by molar-refractivity contribution is -0.167. The van der Waals surface area contributed by atoms with Crippen molar-refractivity contribution in [2.75, 3.05) is 65.5 Å². The first kappa shape index (κ1) is 23.5. The number of carboxylic acids is 2. The maximum Gasteiger partial charge on any atom is 0.327 e. The second kappa shape index (κ2) is 12.0. The molecule has 0 unspecified atom stereocenters. The average Bonchev–Trinajstić information content (AvgIpc) is 2.55. The third-order valence-electron chi connectivity index (χ3n) is 3.77. The summed E-state index contributed by atoms with van der Waals surface area (Å²) in [6.45, 7) is 1.51. The summed E-state index contributed by atoms with van der Waals surface area (Å²) >= 11 is 0. The summed E-state index contributed by atoms with van der Waals surface area (Å²) in [7, 11) is 0. The molecule has 1 rings (SSSR count). The smallest absolute Gasteiger partial charge is 0.327 e. The van der Waals surface area contributed by atoms with E-state index in [1.54, 1.807) is 6.92 Å². The van der Waals surface area contributed by atoms with Gasteiger partial charge in [0.2, 0.25) is 0 Å². The summed E-state index contributed by atoms with van der Waals surface area (Å²) in [5.41, 5.74) is 0. The predicted molar refractivity (Wildman–Crippen MR) is 92.3 cm³/mol. The minimum Gasteiger partial charge on any atom is -0.480 e. The number of hydrogen-bond acceptors (Lipinski definition) is 10. The van der Waals surface area contributed by atoms with Gasteiger partial charge in [0, 0.05) is 26.2 Å². The van der Waals surface area contributed by atoms with Crippen LogP contribution >= 0.6 is 0 Å². The highest BCUT2D eigenvalue weighted by molar-refractivity contribution is 5.90. The van der Waals surface area contributed by atoms with Gasteiger partial charge in [-0.1, -0.05) is 0 Å². The van der Waals surface area contributed by atoms with Crippen LogP contribution in [-0.2, 0) is 33.4 Å². The van der Waals surface area contributed by atoms with E-state index in [0.29, 0.717) is 0 Å². The molecule has 28 heavy (non-hydrogen) atoms. The highest BCUT2D eigenvalue weighted by Crippen LogP contribution is 2.01. The highest BCUT2D eigenvalue weighted by atomic mass is 16.6. The highest BCUT2D eigenvalue weighted by Gasteiger charge is 2.25. The minimum absolute atomic E-state index is 0.0688. The number of cyclic esters (lactones) is 2. The van der Waals surface area contributed by atoms with Crippen molar-refractivity contribution in [3.05, 3.63) is 0 Å². The number of esters is 3. The predicted octanol–water partition coefficient (Wildman–Crippen LogP) is -2.29. The molecule has 0 amide bonds. The van der Waals surface area contributed by atoms with Gasteiger partial charge in [-0.25, -0.2) is 0 Å². The molecule has 0 bridgehead atoms. The molecule has 0 saturated carbocycles. The van der Waals surface area contributed by atoms with Gasteiger partial charge in [-0.05, 0) is 6.92 Å².